The maximum absolute atomic E-state index is 10.3. The quantitative estimate of drug-likeness (QED) is 0.514. The Morgan fingerprint density at radius 3 is 2.90 bits per heavy atom. The Hall–Kier alpha value is -0.590. The Kier molecular flexibility index (Phi) is 2.67. The van der Waals surface area contributed by atoms with Crippen molar-refractivity contribution in [3.05, 3.63) is 5.57 Å². The number of carbonyl (C=O) groups excluding carboxylic acids is 1. The van der Waals surface area contributed by atoms with E-state index in [2.05, 4.69) is 0 Å². The average molecular weight is 140 g/mol. The van der Waals surface area contributed by atoms with E-state index in [1.165, 1.54) is 6.42 Å². The lowest BCUT2D eigenvalue weighted by Gasteiger charge is -2.20. The molecule has 2 heteroatoms. The van der Waals surface area contributed by atoms with Gasteiger partial charge in [-0.1, -0.05) is 6.42 Å². The second-order valence-electron chi connectivity index (χ2n) is 2.60. The lowest BCUT2D eigenvalue weighted by molar-refractivity contribution is 0.110. The summed E-state index contributed by atoms with van der Waals surface area (Å²) in [6, 6.07) is 0. The molecule has 0 heterocycles. The summed E-state index contributed by atoms with van der Waals surface area (Å²) in [5.74, 6) is 1.95. The number of rotatable bonds is 1. The van der Waals surface area contributed by atoms with Crippen LogP contribution in [0.25, 0.3) is 0 Å². The highest BCUT2D eigenvalue weighted by Gasteiger charge is 2.18. The summed E-state index contributed by atoms with van der Waals surface area (Å²) >= 11 is 0. The predicted octanol–water partition coefficient (Wildman–Crippen LogP) is 1.33. The Morgan fingerprint density at radius 2 is 2.40 bits per heavy atom. The standard InChI is InChI=1S/C8H12O2/c1-10-8-5-3-2-4-7(8)6-9/h8H,2-5H2,1H3. The molecule has 0 aromatic carbocycles. The molecular weight excluding hydrogens is 128 g/mol. The first-order valence-electron chi connectivity index (χ1n) is 3.65. The number of ether oxygens (including phenoxy) is 1. The van der Waals surface area contributed by atoms with Gasteiger partial charge >= 0.3 is 0 Å². The maximum atomic E-state index is 10.3. The smallest absolute Gasteiger partial charge is 0.126 e. The third-order valence-electron chi connectivity index (χ3n) is 1.97. The van der Waals surface area contributed by atoms with Crippen molar-refractivity contribution < 1.29 is 9.53 Å². The van der Waals surface area contributed by atoms with Crippen LogP contribution in [0.4, 0.5) is 0 Å². The van der Waals surface area contributed by atoms with Gasteiger partial charge in [0.05, 0.1) is 6.10 Å². The molecule has 10 heavy (non-hydrogen) atoms. The van der Waals surface area contributed by atoms with Crippen LogP contribution in [0.15, 0.2) is 5.57 Å². The van der Waals surface area contributed by atoms with Crippen molar-refractivity contribution in [3.63, 3.8) is 0 Å². The highest BCUT2D eigenvalue weighted by atomic mass is 16.5. The third-order valence-corrected chi connectivity index (χ3v) is 1.97. The van der Waals surface area contributed by atoms with E-state index in [0.29, 0.717) is 0 Å². The van der Waals surface area contributed by atoms with Crippen molar-refractivity contribution in [3.8, 4) is 0 Å². The van der Waals surface area contributed by atoms with Crippen LogP contribution < -0.4 is 0 Å². The van der Waals surface area contributed by atoms with Gasteiger partial charge in [0.25, 0.3) is 0 Å². The molecule has 0 bridgehead atoms. The predicted molar refractivity (Wildman–Crippen MR) is 38.5 cm³/mol. The average Bonchev–Trinajstić information content (AvgIpc) is 2.04. The molecule has 0 saturated heterocycles. The van der Waals surface area contributed by atoms with Crippen molar-refractivity contribution in [1.29, 1.82) is 0 Å². The Bertz CT molecular complexity index is 157. The molecule has 1 fully saturated rings. The molecular formula is C8H12O2. The first kappa shape index (κ1) is 7.52. The zero-order chi connectivity index (χ0) is 7.40. The highest BCUT2D eigenvalue weighted by Crippen LogP contribution is 2.23. The second-order valence-corrected chi connectivity index (χ2v) is 2.60. The van der Waals surface area contributed by atoms with Gasteiger partial charge in [-0.05, 0) is 19.3 Å². The number of hydrogen-bond acceptors (Lipinski definition) is 2. The van der Waals surface area contributed by atoms with Crippen LogP contribution in [0.2, 0.25) is 0 Å². The molecule has 0 aromatic heterocycles. The summed E-state index contributed by atoms with van der Waals surface area (Å²) in [7, 11) is 1.65. The summed E-state index contributed by atoms with van der Waals surface area (Å²) in [6.07, 6.45) is 4.21. The zero-order valence-corrected chi connectivity index (χ0v) is 6.22. The summed E-state index contributed by atoms with van der Waals surface area (Å²) in [4.78, 5) is 10.3. The van der Waals surface area contributed by atoms with Gasteiger partial charge in [-0.15, -0.1) is 0 Å². The van der Waals surface area contributed by atoms with Gasteiger partial charge in [0, 0.05) is 12.7 Å². The van der Waals surface area contributed by atoms with Gasteiger partial charge in [-0.3, -0.25) is 0 Å². The second kappa shape index (κ2) is 3.55. The fourth-order valence-corrected chi connectivity index (χ4v) is 1.36. The van der Waals surface area contributed by atoms with Crippen LogP contribution in [0.3, 0.4) is 0 Å². The van der Waals surface area contributed by atoms with Crippen molar-refractivity contribution >= 4 is 5.94 Å². The van der Waals surface area contributed by atoms with E-state index in [9.17, 15) is 4.79 Å². The third kappa shape index (κ3) is 1.47. The van der Waals surface area contributed by atoms with Gasteiger partial charge < -0.3 is 4.74 Å². The largest absolute Gasteiger partial charge is 0.376 e. The molecule has 1 atom stereocenters. The summed E-state index contributed by atoms with van der Waals surface area (Å²) < 4.78 is 5.10. The zero-order valence-electron chi connectivity index (χ0n) is 6.22. The topological polar surface area (TPSA) is 26.3 Å². The first-order chi connectivity index (χ1) is 4.88. The van der Waals surface area contributed by atoms with Crippen LogP contribution in [-0.4, -0.2) is 19.2 Å². The summed E-state index contributed by atoms with van der Waals surface area (Å²) in [5.41, 5.74) is 0.814. The molecule has 2 nitrogen and oxygen atoms in total. The summed E-state index contributed by atoms with van der Waals surface area (Å²) in [6.45, 7) is 0. The molecule has 1 aliphatic rings. The molecule has 0 N–H and O–H groups in total. The highest BCUT2D eigenvalue weighted by molar-refractivity contribution is 5.54. The van der Waals surface area contributed by atoms with E-state index in [-0.39, 0.29) is 6.10 Å². The fraction of sp³-hybridized carbons (Fsp3) is 0.750. The Balaban J connectivity index is 2.59. The number of methoxy groups -OCH3 is 1. The first-order valence-corrected chi connectivity index (χ1v) is 3.65. The van der Waals surface area contributed by atoms with Crippen LogP contribution >= 0.6 is 0 Å². The summed E-state index contributed by atoms with van der Waals surface area (Å²) in [5, 5.41) is 0. The molecule has 0 spiro atoms. The molecule has 1 rings (SSSR count). The van der Waals surface area contributed by atoms with E-state index in [1.54, 1.807) is 7.11 Å². The van der Waals surface area contributed by atoms with Gasteiger partial charge in [0.2, 0.25) is 0 Å². The van der Waals surface area contributed by atoms with Crippen molar-refractivity contribution in [2.45, 2.75) is 31.8 Å². The minimum Gasteiger partial charge on any atom is -0.376 e. The van der Waals surface area contributed by atoms with Crippen LogP contribution in [-0.2, 0) is 9.53 Å². The van der Waals surface area contributed by atoms with Crippen molar-refractivity contribution in [2.75, 3.05) is 7.11 Å². The molecule has 0 aromatic rings. The Morgan fingerprint density at radius 1 is 1.60 bits per heavy atom. The molecule has 0 amide bonds. The molecule has 0 aliphatic heterocycles. The molecule has 1 aliphatic carbocycles. The van der Waals surface area contributed by atoms with E-state index < -0.39 is 0 Å². The van der Waals surface area contributed by atoms with E-state index in [0.717, 1.165) is 24.8 Å². The van der Waals surface area contributed by atoms with E-state index in [1.807, 2.05) is 5.94 Å². The van der Waals surface area contributed by atoms with Gasteiger partial charge in [-0.25, -0.2) is 4.79 Å². The van der Waals surface area contributed by atoms with Crippen LogP contribution in [0.1, 0.15) is 25.7 Å². The minimum atomic E-state index is 0.0613. The lowest BCUT2D eigenvalue weighted by atomic mass is 9.93. The minimum absolute atomic E-state index is 0.0613. The Labute approximate surface area is 60.9 Å². The monoisotopic (exact) mass is 140 g/mol. The number of hydrogen-bond donors (Lipinski definition) is 0. The maximum Gasteiger partial charge on any atom is 0.126 e. The van der Waals surface area contributed by atoms with Crippen molar-refractivity contribution in [1.82, 2.24) is 0 Å². The van der Waals surface area contributed by atoms with E-state index in [4.69, 9.17) is 4.74 Å². The SMILES string of the molecule is COC1CCCCC1=C=O. The van der Waals surface area contributed by atoms with Gasteiger partial charge in [-0.2, -0.15) is 0 Å². The molecule has 56 valence electrons. The van der Waals surface area contributed by atoms with Gasteiger partial charge in [0.15, 0.2) is 0 Å². The van der Waals surface area contributed by atoms with Gasteiger partial charge in [0.1, 0.15) is 5.94 Å². The van der Waals surface area contributed by atoms with Crippen molar-refractivity contribution in [2.24, 2.45) is 0 Å². The van der Waals surface area contributed by atoms with Crippen LogP contribution in [0.5, 0.6) is 0 Å². The molecule has 1 saturated carbocycles. The molecule has 0 radical (unpaired) electrons. The fourth-order valence-electron chi connectivity index (χ4n) is 1.36. The lowest BCUT2D eigenvalue weighted by Crippen LogP contribution is -2.18. The van der Waals surface area contributed by atoms with Crippen LogP contribution in [0, 0.1) is 0 Å². The molecule has 1 unspecified atom stereocenters. The van der Waals surface area contributed by atoms with E-state index >= 15 is 0 Å². The normalized spacial score (nSPS) is 26.1.